The summed E-state index contributed by atoms with van der Waals surface area (Å²) in [5.74, 6) is 4.17. The Hall–Kier alpha value is -0.170. The van der Waals surface area contributed by atoms with Crippen LogP contribution in [0.25, 0.3) is 0 Å². The first-order valence-corrected chi connectivity index (χ1v) is 60.9. The van der Waals surface area contributed by atoms with Gasteiger partial charge in [-0.1, -0.05) is 654 Å². The number of benzene rings is 1. The first-order chi connectivity index (χ1) is 62.1. The van der Waals surface area contributed by atoms with E-state index in [1.54, 1.807) is 0 Å². The summed E-state index contributed by atoms with van der Waals surface area (Å²) in [4.78, 5) is 0. The molecule has 10 atom stereocenters. The predicted octanol–water partition coefficient (Wildman–Crippen LogP) is 44.4. The summed E-state index contributed by atoms with van der Waals surface area (Å²) in [6.07, 6.45) is 123. The van der Waals surface area contributed by atoms with E-state index in [9.17, 15) is 5.11 Å². The summed E-state index contributed by atoms with van der Waals surface area (Å²) < 4.78 is 15.5. The molecule has 10 unspecified atom stereocenters. The molecule has 0 saturated carbocycles. The summed E-state index contributed by atoms with van der Waals surface area (Å²) in [6, 6.07) is 11.0. The first kappa shape index (κ1) is 125. The Morgan fingerprint density at radius 2 is 0.465 bits per heavy atom. The van der Waals surface area contributed by atoms with E-state index in [1.165, 1.54) is 564 Å². The van der Waals surface area contributed by atoms with Crippen molar-refractivity contribution in [2.24, 2.45) is 52.3 Å². The SMILES string of the molecule is CCCCCCCCCCCCCCC(C)CC(CCCCCC)C(CC(C)CCCCCCCCCCCCCC)(CC(C)CCCCCCCCCCCCCC)C(C)(CC(C)CCCCCCCCCCCCCC)C(CC(C)CCCCCCCCCCCCCC)(CC(C)CCCCCCCCCCCCCC)OCC(OCc1ccccc1)C(O)I. The molecule has 0 spiro atoms. The third-order valence-corrected chi connectivity index (χ3v) is 32.8. The summed E-state index contributed by atoms with van der Waals surface area (Å²) in [6.45, 7) is 37.5. The van der Waals surface area contributed by atoms with Crippen molar-refractivity contribution in [3.8, 4) is 0 Å². The van der Waals surface area contributed by atoms with Gasteiger partial charge in [0.25, 0.3) is 0 Å². The molecule has 0 radical (unpaired) electrons. The van der Waals surface area contributed by atoms with E-state index in [4.69, 9.17) is 9.47 Å². The van der Waals surface area contributed by atoms with Crippen LogP contribution in [0.5, 0.6) is 0 Å². The van der Waals surface area contributed by atoms with Gasteiger partial charge in [0.1, 0.15) is 10.2 Å². The Kier molecular flexibility index (Phi) is 90.6. The lowest BCUT2D eigenvalue weighted by Gasteiger charge is -2.65. The van der Waals surface area contributed by atoms with Gasteiger partial charge in [-0.05, 0) is 120 Å². The topological polar surface area (TPSA) is 38.7 Å². The summed E-state index contributed by atoms with van der Waals surface area (Å²) in [7, 11) is 0. The number of unbranched alkanes of at least 4 members (excludes halogenated alkanes) is 69. The molecule has 4 heteroatoms. The fraction of sp³-hybridized carbons (Fsp3) is 0.951. The Morgan fingerprint density at radius 3 is 0.709 bits per heavy atom. The van der Waals surface area contributed by atoms with Gasteiger partial charge in [0.15, 0.2) is 0 Å². The molecule has 1 N–H and O–H groups in total. The lowest BCUT2D eigenvalue weighted by Crippen LogP contribution is -2.63. The Bertz CT molecular complexity index is 2210. The van der Waals surface area contributed by atoms with E-state index in [1.807, 2.05) is 0 Å². The lowest BCUT2D eigenvalue weighted by atomic mass is 9.42. The average molecular weight is 1890 g/mol. The predicted molar refractivity (Wildman–Crippen MR) is 583 cm³/mol. The molecule has 0 amide bonds. The number of ether oxygens (including phenoxy) is 2. The van der Waals surface area contributed by atoms with Crippen LogP contribution in [0.4, 0.5) is 0 Å². The molecular formula is C123H239IO3. The fourth-order valence-corrected chi connectivity index (χ4v) is 24.2. The lowest BCUT2D eigenvalue weighted by molar-refractivity contribution is -0.245. The van der Waals surface area contributed by atoms with Gasteiger partial charge in [0, 0.05) is 5.41 Å². The highest BCUT2D eigenvalue weighted by Gasteiger charge is 2.64. The van der Waals surface area contributed by atoms with Crippen LogP contribution < -0.4 is 0 Å². The zero-order valence-electron chi connectivity index (χ0n) is 90.1. The molecule has 1 rings (SSSR count). The van der Waals surface area contributed by atoms with Gasteiger partial charge < -0.3 is 14.6 Å². The van der Waals surface area contributed by atoms with Gasteiger partial charge in [0.2, 0.25) is 0 Å². The molecule has 0 aromatic heterocycles. The maximum atomic E-state index is 12.5. The second-order valence-corrected chi connectivity index (χ2v) is 46.3. The van der Waals surface area contributed by atoms with Crippen molar-refractivity contribution in [3.05, 3.63) is 35.9 Å². The molecule has 0 saturated heterocycles. The number of hydrogen-bond donors (Lipinski definition) is 1. The minimum absolute atomic E-state index is 0.0245. The Morgan fingerprint density at radius 1 is 0.260 bits per heavy atom. The third kappa shape index (κ3) is 70.2. The van der Waals surface area contributed by atoms with Crippen LogP contribution >= 0.6 is 22.6 Å². The molecule has 0 aliphatic carbocycles. The van der Waals surface area contributed by atoms with Crippen LogP contribution in [-0.2, 0) is 16.1 Å². The van der Waals surface area contributed by atoms with Crippen LogP contribution in [0.1, 0.15) is 674 Å². The van der Waals surface area contributed by atoms with Crippen molar-refractivity contribution in [1.82, 2.24) is 0 Å². The second-order valence-electron chi connectivity index (χ2n) is 45.0. The standard InChI is InChI=1S/C123H239IO3/c1-15-22-29-36-42-48-54-60-66-72-78-85-94-111(8)103-118(102-93-35-28-21-7)122(105-113(10)96-87-80-74-68-62-56-50-44-38-31-24-17-3,106-114(11)97-88-81-75-69-63-57-51-45-39-32-25-18-4)121(14,104-112(9)95-86-79-73-67-61-55-49-43-37-30-23-16-2)123(127-110-119(120(124)125)126-109-117-100-91-84-92-101-117,107-115(12)98-89-82-76-70-64-58-52-46-40-33-26-19-5)108-116(13)99-90-83-77-71-65-59-53-47-41-34-27-20-6/h84,91-92,100-101,111-116,118-120,125H,15-83,85-90,93-99,102-110H2,1-14H3. The highest BCUT2D eigenvalue weighted by atomic mass is 127. The van der Waals surface area contributed by atoms with Crippen molar-refractivity contribution in [2.45, 2.75) is 691 Å². The van der Waals surface area contributed by atoms with Crippen molar-refractivity contribution >= 4 is 22.6 Å². The molecule has 0 aliphatic heterocycles. The van der Waals surface area contributed by atoms with Gasteiger partial charge in [-0.25, -0.2) is 0 Å². The average Bonchev–Trinajstić information content (AvgIpc) is 0.708. The van der Waals surface area contributed by atoms with Crippen LogP contribution in [0.2, 0.25) is 0 Å². The molecule has 1 aromatic rings. The molecule has 756 valence electrons. The van der Waals surface area contributed by atoms with E-state index in [0.717, 1.165) is 12.8 Å². The van der Waals surface area contributed by atoms with E-state index in [-0.39, 0.29) is 10.8 Å². The number of alkyl halides is 1. The minimum atomic E-state index is -0.685. The van der Waals surface area contributed by atoms with Gasteiger partial charge in [0.05, 0.1) is 18.8 Å². The van der Waals surface area contributed by atoms with Crippen molar-refractivity contribution in [1.29, 1.82) is 0 Å². The first-order valence-electron chi connectivity index (χ1n) is 59.7. The molecular weight excluding hydrogens is 1650 g/mol. The minimum Gasteiger partial charge on any atom is -0.380 e. The number of aliphatic hydroxyl groups excluding tert-OH is 1. The third-order valence-electron chi connectivity index (χ3n) is 32.0. The fourth-order valence-electron chi connectivity index (χ4n) is 23.8. The van der Waals surface area contributed by atoms with Gasteiger partial charge in [-0.3, -0.25) is 0 Å². The summed E-state index contributed by atoms with van der Waals surface area (Å²) in [5, 5.41) is 12.5. The highest BCUT2D eigenvalue weighted by Crippen LogP contribution is 2.67. The quantitative estimate of drug-likeness (QED) is 0.0401. The van der Waals surface area contributed by atoms with Crippen molar-refractivity contribution < 1.29 is 14.6 Å². The molecule has 0 fully saturated rings. The smallest absolute Gasteiger partial charge is 0.133 e. The van der Waals surface area contributed by atoms with Crippen LogP contribution in [0, 0.1) is 52.3 Å². The Balaban J connectivity index is 4.81. The largest absolute Gasteiger partial charge is 0.380 e. The number of halogens is 1. The number of aliphatic hydroxyl groups is 1. The Labute approximate surface area is 816 Å². The van der Waals surface area contributed by atoms with E-state index in [2.05, 4.69) is 150 Å². The normalized spacial score (nSPS) is 15.7. The van der Waals surface area contributed by atoms with Crippen molar-refractivity contribution in [2.75, 3.05) is 6.61 Å². The molecule has 0 aliphatic rings. The van der Waals surface area contributed by atoms with E-state index < -0.39 is 15.8 Å². The van der Waals surface area contributed by atoms with E-state index >= 15 is 0 Å². The summed E-state index contributed by atoms with van der Waals surface area (Å²) >= 11 is 2.35. The molecule has 0 heterocycles. The van der Waals surface area contributed by atoms with Crippen LogP contribution in [0.15, 0.2) is 30.3 Å². The maximum Gasteiger partial charge on any atom is 0.133 e. The van der Waals surface area contributed by atoms with Crippen LogP contribution in [0.3, 0.4) is 0 Å². The molecule has 0 bridgehead atoms. The zero-order valence-corrected chi connectivity index (χ0v) is 92.2. The molecule has 1 aromatic carbocycles. The molecule has 3 nitrogen and oxygen atoms in total. The van der Waals surface area contributed by atoms with Gasteiger partial charge >= 0.3 is 0 Å². The number of hydrogen-bond acceptors (Lipinski definition) is 3. The van der Waals surface area contributed by atoms with E-state index in [0.29, 0.717) is 54.6 Å². The monoisotopic (exact) mass is 1890 g/mol. The van der Waals surface area contributed by atoms with Gasteiger partial charge in [-0.2, -0.15) is 0 Å². The maximum absolute atomic E-state index is 12.5. The highest BCUT2D eigenvalue weighted by molar-refractivity contribution is 14.1. The van der Waals surface area contributed by atoms with Crippen molar-refractivity contribution in [3.63, 3.8) is 0 Å². The second kappa shape index (κ2) is 92.2. The van der Waals surface area contributed by atoms with Crippen LogP contribution in [-0.4, -0.2) is 27.5 Å². The molecule has 127 heavy (non-hydrogen) atoms. The number of rotatable bonds is 105. The van der Waals surface area contributed by atoms with Gasteiger partial charge in [-0.15, -0.1) is 0 Å². The summed E-state index contributed by atoms with van der Waals surface area (Å²) in [5.41, 5.74) is 0.589. The zero-order chi connectivity index (χ0) is 92.6.